The molecule has 0 aromatic heterocycles. The van der Waals surface area contributed by atoms with Crippen LogP contribution in [-0.2, 0) is 26.2 Å². The second-order valence-electron chi connectivity index (χ2n) is 10.3. The van der Waals surface area contributed by atoms with Crippen molar-refractivity contribution < 1.29 is 18.0 Å². The Morgan fingerprint density at radius 1 is 0.925 bits per heavy atom. The van der Waals surface area contributed by atoms with Crippen LogP contribution in [0.5, 0.6) is 0 Å². The van der Waals surface area contributed by atoms with E-state index in [2.05, 4.69) is 5.32 Å². The lowest BCUT2D eigenvalue weighted by atomic mass is 10.1. The Bertz CT molecular complexity index is 1460. The van der Waals surface area contributed by atoms with Crippen LogP contribution in [0.3, 0.4) is 0 Å². The average molecular weight is 584 g/mol. The van der Waals surface area contributed by atoms with Crippen LogP contribution < -0.4 is 9.62 Å². The molecule has 0 saturated heterocycles. The third-order valence-electron chi connectivity index (χ3n) is 6.62. The van der Waals surface area contributed by atoms with E-state index < -0.39 is 28.5 Å². The van der Waals surface area contributed by atoms with Gasteiger partial charge in [0.15, 0.2) is 0 Å². The summed E-state index contributed by atoms with van der Waals surface area (Å²) in [6.45, 7) is 10.7. The summed E-state index contributed by atoms with van der Waals surface area (Å²) < 4.78 is 29.2. The Balaban J connectivity index is 2.11. The SMILES string of the molecule is CCC(C(=O)NC(C)C)N(Cc1ccccc1Cl)C(=O)CN(c1ccc(C)cc1C)S(=O)(=O)c1ccc(C)cc1. The number of carbonyl (C=O) groups excluding carboxylic acids is 2. The molecular formula is C31H38ClN3O4S. The standard InChI is InChI=1S/C31H38ClN3O4S/c1-7-28(31(37)33-21(2)3)34(19-25-10-8-9-11-27(25)32)30(36)20-35(29-17-14-23(5)18-24(29)6)40(38,39)26-15-12-22(4)13-16-26/h8-18,21,28H,7,19-20H2,1-6H3,(H,33,37). The molecule has 0 radical (unpaired) electrons. The second kappa shape index (κ2) is 13.3. The summed E-state index contributed by atoms with van der Waals surface area (Å²) in [4.78, 5) is 28.9. The van der Waals surface area contributed by atoms with Crippen molar-refractivity contribution in [1.29, 1.82) is 0 Å². The third-order valence-corrected chi connectivity index (χ3v) is 8.77. The van der Waals surface area contributed by atoms with E-state index in [0.29, 0.717) is 28.3 Å². The minimum atomic E-state index is -4.13. The highest BCUT2D eigenvalue weighted by Crippen LogP contribution is 2.29. The van der Waals surface area contributed by atoms with Crippen LogP contribution >= 0.6 is 11.6 Å². The first-order valence-corrected chi connectivity index (χ1v) is 15.2. The maximum absolute atomic E-state index is 14.1. The largest absolute Gasteiger partial charge is 0.352 e. The van der Waals surface area contributed by atoms with E-state index in [9.17, 15) is 18.0 Å². The fourth-order valence-electron chi connectivity index (χ4n) is 4.55. The quantitative estimate of drug-likeness (QED) is 0.309. The second-order valence-corrected chi connectivity index (χ2v) is 12.6. The number of nitrogens with one attached hydrogen (secondary N) is 1. The van der Waals surface area contributed by atoms with E-state index in [1.54, 1.807) is 36.4 Å². The van der Waals surface area contributed by atoms with Gasteiger partial charge in [0.1, 0.15) is 12.6 Å². The van der Waals surface area contributed by atoms with Crippen molar-refractivity contribution in [2.24, 2.45) is 0 Å². The number of carbonyl (C=O) groups is 2. The number of anilines is 1. The Morgan fingerprint density at radius 2 is 1.55 bits per heavy atom. The Labute approximate surface area is 243 Å². The number of sulfonamides is 1. The van der Waals surface area contributed by atoms with Gasteiger partial charge in [-0.1, -0.05) is 72.1 Å². The number of nitrogens with zero attached hydrogens (tertiary/aromatic N) is 2. The first-order valence-electron chi connectivity index (χ1n) is 13.3. The zero-order valence-electron chi connectivity index (χ0n) is 23.9. The van der Waals surface area contributed by atoms with Gasteiger partial charge in [-0.15, -0.1) is 0 Å². The summed E-state index contributed by atoms with van der Waals surface area (Å²) in [5.41, 5.74) is 3.66. The molecule has 0 aliphatic heterocycles. The fraction of sp³-hybridized carbons (Fsp3) is 0.355. The smallest absolute Gasteiger partial charge is 0.264 e. The molecule has 0 aliphatic carbocycles. The average Bonchev–Trinajstić information content (AvgIpc) is 2.88. The predicted molar refractivity (Wildman–Crippen MR) is 161 cm³/mol. The van der Waals surface area contributed by atoms with Gasteiger partial charge in [-0.2, -0.15) is 0 Å². The first-order chi connectivity index (χ1) is 18.8. The van der Waals surface area contributed by atoms with Crippen LogP contribution in [0.4, 0.5) is 5.69 Å². The molecule has 7 nitrogen and oxygen atoms in total. The van der Waals surface area contributed by atoms with Gasteiger partial charge in [0.25, 0.3) is 10.0 Å². The fourth-order valence-corrected chi connectivity index (χ4v) is 6.22. The molecule has 0 bridgehead atoms. The molecule has 1 unspecified atom stereocenters. The highest BCUT2D eigenvalue weighted by atomic mass is 35.5. The number of hydrogen-bond acceptors (Lipinski definition) is 4. The summed E-state index contributed by atoms with van der Waals surface area (Å²) in [5, 5.41) is 3.35. The molecule has 0 fully saturated rings. The third kappa shape index (κ3) is 7.43. The number of aryl methyl sites for hydroxylation is 3. The van der Waals surface area contributed by atoms with Gasteiger partial charge in [0, 0.05) is 17.6 Å². The molecule has 40 heavy (non-hydrogen) atoms. The number of hydrogen-bond donors (Lipinski definition) is 1. The van der Waals surface area contributed by atoms with Crippen molar-refractivity contribution in [3.05, 3.63) is 94.0 Å². The van der Waals surface area contributed by atoms with E-state index in [1.807, 2.05) is 59.7 Å². The van der Waals surface area contributed by atoms with Crippen molar-refractivity contribution in [2.45, 2.75) is 71.5 Å². The number of halogens is 1. The van der Waals surface area contributed by atoms with Crippen LogP contribution in [0.25, 0.3) is 0 Å². The molecule has 9 heteroatoms. The van der Waals surface area contributed by atoms with Crippen LogP contribution in [0.1, 0.15) is 49.4 Å². The Hall–Kier alpha value is -3.36. The number of amides is 2. The lowest BCUT2D eigenvalue weighted by Crippen LogP contribution is -2.53. The van der Waals surface area contributed by atoms with Crippen LogP contribution in [0.2, 0.25) is 5.02 Å². The molecule has 1 N–H and O–H groups in total. The monoisotopic (exact) mass is 583 g/mol. The van der Waals surface area contributed by atoms with Crippen LogP contribution in [-0.4, -0.2) is 43.8 Å². The lowest BCUT2D eigenvalue weighted by molar-refractivity contribution is -0.140. The summed E-state index contributed by atoms with van der Waals surface area (Å²) in [7, 11) is -4.13. The van der Waals surface area contributed by atoms with Crippen molar-refractivity contribution in [3.8, 4) is 0 Å². The van der Waals surface area contributed by atoms with E-state index in [0.717, 1.165) is 15.4 Å². The molecule has 3 aromatic carbocycles. The normalized spacial score (nSPS) is 12.2. The number of benzene rings is 3. The maximum Gasteiger partial charge on any atom is 0.264 e. The van der Waals surface area contributed by atoms with Crippen molar-refractivity contribution >= 4 is 39.1 Å². The molecule has 2 amide bonds. The zero-order valence-corrected chi connectivity index (χ0v) is 25.5. The number of rotatable bonds is 11. The van der Waals surface area contributed by atoms with Gasteiger partial charge in [0.2, 0.25) is 11.8 Å². The van der Waals surface area contributed by atoms with Gasteiger partial charge in [-0.05, 0) is 76.4 Å². The highest BCUT2D eigenvalue weighted by Gasteiger charge is 2.34. The summed E-state index contributed by atoms with van der Waals surface area (Å²) in [5.74, 6) is -0.821. The molecule has 0 aliphatic rings. The van der Waals surface area contributed by atoms with Crippen molar-refractivity contribution in [1.82, 2.24) is 10.2 Å². The van der Waals surface area contributed by atoms with Crippen LogP contribution in [0, 0.1) is 20.8 Å². The molecule has 0 heterocycles. The zero-order chi connectivity index (χ0) is 29.6. The van der Waals surface area contributed by atoms with Gasteiger partial charge >= 0.3 is 0 Å². The van der Waals surface area contributed by atoms with Gasteiger partial charge in [-0.25, -0.2) is 8.42 Å². The van der Waals surface area contributed by atoms with Crippen molar-refractivity contribution in [3.63, 3.8) is 0 Å². The molecular weight excluding hydrogens is 546 g/mol. The van der Waals surface area contributed by atoms with Crippen molar-refractivity contribution in [2.75, 3.05) is 10.8 Å². The maximum atomic E-state index is 14.1. The Kier molecular flexibility index (Phi) is 10.4. The van der Waals surface area contributed by atoms with Gasteiger partial charge in [0.05, 0.1) is 10.6 Å². The molecule has 3 aromatic rings. The molecule has 1 atom stereocenters. The molecule has 0 saturated carbocycles. The minimum absolute atomic E-state index is 0.0494. The predicted octanol–water partition coefficient (Wildman–Crippen LogP) is 5.79. The van der Waals surface area contributed by atoms with E-state index >= 15 is 0 Å². The molecule has 3 rings (SSSR count). The molecule has 0 spiro atoms. The topological polar surface area (TPSA) is 86.8 Å². The summed E-state index contributed by atoms with van der Waals surface area (Å²) >= 11 is 6.44. The van der Waals surface area contributed by atoms with E-state index in [1.165, 1.54) is 17.0 Å². The Morgan fingerprint density at radius 3 is 2.12 bits per heavy atom. The first kappa shape index (κ1) is 31.2. The van der Waals surface area contributed by atoms with E-state index in [4.69, 9.17) is 11.6 Å². The highest BCUT2D eigenvalue weighted by molar-refractivity contribution is 7.92. The van der Waals surface area contributed by atoms with Crippen LogP contribution in [0.15, 0.2) is 71.6 Å². The minimum Gasteiger partial charge on any atom is -0.352 e. The lowest BCUT2D eigenvalue weighted by Gasteiger charge is -2.34. The molecule has 214 valence electrons. The summed E-state index contributed by atoms with van der Waals surface area (Å²) in [6.07, 6.45) is 0.336. The summed E-state index contributed by atoms with van der Waals surface area (Å²) in [6, 6.07) is 18.1. The van der Waals surface area contributed by atoms with E-state index in [-0.39, 0.29) is 23.4 Å². The van der Waals surface area contributed by atoms with Gasteiger partial charge in [-0.3, -0.25) is 13.9 Å². The van der Waals surface area contributed by atoms with Gasteiger partial charge < -0.3 is 10.2 Å².